The highest BCUT2D eigenvalue weighted by Gasteiger charge is 2.35. The SMILES string of the molecule is CN(C)S(=O)(=O)C[C@@H]1CN(CCCC(=O)c2ccc(C(C)(C)C)cc2)C[C@@H]1O. The van der Waals surface area contributed by atoms with Crippen LogP contribution in [0.3, 0.4) is 0 Å². The summed E-state index contributed by atoms with van der Waals surface area (Å²) in [7, 11) is -0.314. The lowest BCUT2D eigenvalue weighted by atomic mass is 9.86. The number of sulfonamides is 1. The van der Waals surface area contributed by atoms with E-state index in [4.69, 9.17) is 0 Å². The first-order valence-corrected chi connectivity index (χ1v) is 11.5. The van der Waals surface area contributed by atoms with Gasteiger partial charge < -0.3 is 10.0 Å². The molecule has 7 heteroatoms. The predicted octanol–water partition coefficient (Wildman–Crippen LogP) is 2.13. The summed E-state index contributed by atoms with van der Waals surface area (Å²) in [5, 5.41) is 10.2. The van der Waals surface area contributed by atoms with Crippen molar-refractivity contribution in [2.75, 3.05) is 39.5 Å². The van der Waals surface area contributed by atoms with Crippen LogP contribution in [0.4, 0.5) is 0 Å². The van der Waals surface area contributed by atoms with Crippen molar-refractivity contribution in [1.29, 1.82) is 0 Å². The van der Waals surface area contributed by atoms with Gasteiger partial charge in [0.2, 0.25) is 10.0 Å². The number of hydrogen-bond acceptors (Lipinski definition) is 5. The van der Waals surface area contributed by atoms with Crippen LogP contribution in [0.5, 0.6) is 0 Å². The van der Waals surface area contributed by atoms with Gasteiger partial charge in [0, 0.05) is 45.1 Å². The van der Waals surface area contributed by atoms with Gasteiger partial charge in [0.25, 0.3) is 0 Å². The number of hydrogen-bond donors (Lipinski definition) is 1. The second-order valence-corrected chi connectivity index (χ2v) is 11.2. The first-order chi connectivity index (χ1) is 12.9. The zero-order valence-corrected chi connectivity index (χ0v) is 18.5. The van der Waals surface area contributed by atoms with Crippen molar-refractivity contribution in [1.82, 2.24) is 9.21 Å². The molecule has 2 atom stereocenters. The van der Waals surface area contributed by atoms with E-state index in [-0.39, 0.29) is 22.9 Å². The van der Waals surface area contributed by atoms with E-state index in [1.54, 1.807) is 0 Å². The number of β-amino-alcohol motifs (C(OH)–C–C–N with tert-alkyl or cyclic N) is 1. The molecule has 0 radical (unpaired) electrons. The van der Waals surface area contributed by atoms with Gasteiger partial charge in [-0.25, -0.2) is 12.7 Å². The molecule has 0 saturated carbocycles. The summed E-state index contributed by atoms with van der Waals surface area (Å²) < 4.78 is 25.3. The van der Waals surface area contributed by atoms with Crippen molar-refractivity contribution in [3.63, 3.8) is 0 Å². The Balaban J connectivity index is 1.81. The molecule has 1 N–H and O–H groups in total. The molecule has 1 aromatic carbocycles. The highest BCUT2D eigenvalue weighted by Crippen LogP contribution is 2.23. The first kappa shape index (κ1) is 23.0. The lowest BCUT2D eigenvalue weighted by molar-refractivity contribution is 0.0975. The Morgan fingerprint density at radius 1 is 1.18 bits per heavy atom. The number of rotatable bonds is 8. The van der Waals surface area contributed by atoms with Crippen molar-refractivity contribution in [2.24, 2.45) is 5.92 Å². The van der Waals surface area contributed by atoms with Crippen LogP contribution in [-0.4, -0.2) is 74.1 Å². The third-order valence-electron chi connectivity index (χ3n) is 5.41. The smallest absolute Gasteiger partial charge is 0.214 e. The Morgan fingerprint density at radius 2 is 1.79 bits per heavy atom. The van der Waals surface area contributed by atoms with Crippen LogP contribution in [0.15, 0.2) is 24.3 Å². The maximum Gasteiger partial charge on any atom is 0.214 e. The van der Waals surface area contributed by atoms with Gasteiger partial charge in [-0.1, -0.05) is 45.0 Å². The molecule has 1 aliphatic heterocycles. The number of nitrogens with zero attached hydrogens (tertiary/aromatic N) is 2. The number of carbonyl (C=O) groups is 1. The predicted molar refractivity (Wildman–Crippen MR) is 112 cm³/mol. The Hall–Kier alpha value is -1.28. The van der Waals surface area contributed by atoms with Crippen LogP contribution in [0, 0.1) is 5.92 Å². The molecule has 0 unspecified atom stereocenters. The molecule has 1 saturated heterocycles. The van der Waals surface area contributed by atoms with E-state index >= 15 is 0 Å². The molecule has 1 fully saturated rings. The Kier molecular flexibility index (Phi) is 7.42. The molecule has 0 spiro atoms. The minimum absolute atomic E-state index is 0.0449. The second kappa shape index (κ2) is 9.03. The molecule has 1 aliphatic rings. The van der Waals surface area contributed by atoms with Crippen LogP contribution < -0.4 is 0 Å². The standard InChI is InChI=1S/C21H34N2O4S/c1-21(2,3)18-10-8-16(9-11-18)19(24)7-6-12-23-13-17(20(25)14-23)15-28(26,27)22(4)5/h8-11,17,20,25H,6-7,12-15H2,1-5H3/t17-,20-/m0/s1. The fraction of sp³-hybridized carbons (Fsp3) is 0.667. The minimum atomic E-state index is -3.33. The number of aliphatic hydroxyl groups is 1. The van der Waals surface area contributed by atoms with Crippen molar-refractivity contribution >= 4 is 15.8 Å². The molecule has 0 aliphatic carbocycles. The Bertz CT molecular complexity index is 767. The molecular formula is C21H34N2O4S. The van der Waals surface area contributed by atoms with Gasteiger partial charge in [-0.05, 0) is 23.9 Å². The molecule has 28 heavy (non-hydrogen) atoms. The maximum absolute atomic E-state index is 12.4. The van der Waals surface area contributed by atoms with Crippen LogP contribution in [0.2, 0.25) is 0 Å². The summed E-state index contributed by atoms with van der Waals surface area (Å²) in [5.41, 5.74) is 1.99. The van der Waals surface area contributed by atoms with Gasteiger partial charge in [-0.15, -0.1) is 0 Å². The van der Waals surface area contributed by atoms with Gasteiger partial charge >= 0.3 is 0 Å². The van der Waals surface area contributed by atoms with Gasteiger partial charge in [0.15, 0.2) is 5.78 Å². The molecule has 0 bridgehead atoms. The van der Waals surface area contributed by atoms with Crippen molar-refractivity contribution in [3.8, 4) is 0 Å². The summed E-state index contributed by atoms with van der Waals surface area (Å²) in [6, 6.07) is 7.81. The van der Waals surface area contributed by atoms with E-state index in [2.05, 4.69) is 25.7 Å². The zero-order valence-electron chi connectivity index (χ0n) is 17.7. The van der Waals surface area contributed by atoms with Crippen LogP contribution in [0.1, 0.15) is 49.5 Å². The lowest BCUT2D eigenvalue weighted by Crippen LogP contribution is -2.33. The third-order valence-corrected chi connectivity index (χ3v) is 7.38. The van der Waals surface area contributed by atoms with Crippen molar-refractivity contribution in [2.45, 2.75) is 45.1 Å². The van der Waals surface area contributed by atoms with E-state index in [9.17, 15) is 18.3 Å². The molecule has 0 aromatic heterocycles. The van der Waals surface area contributed by atoms with Crippen LogP contribution in [-0.2, 0) is 15.4 Å². The number of carbonyl (C=O) groups excluding carboxylic acids is 1. The average molecular weight is 411 g/mol. The molecule has 6 nitrogen and oxygen atoms in total. The summed E-state index contributed by atoms with van der Waals surface area (Å²) in [6.45, 7) is 8.12. The molecule has 2 rings (SSSR count). The fourth-order valence-corrected chi connectivity index (χ4v) is 4.64. The number of ketones is 1. The van der Waals surface area contributed by atoms with E-state index < -0.39 is 16.1 Å². The van der Waals surface area contributed by atoms with Crippen molar-refractivity contribution in [3.05, 3.63) is 35.4 Å². The molecular weight excluding hydrogens is 376 g/mol. The normalized spacial score (nSPS) is 21.4. The second-order valence-electron chi connectivity index (χ2n) is 9.00. The maximum atomic E-state index is 12.4. The topological polar surface area (TPSA) is 77.9 Å². The molecule has 1 aromatic rings. The van der Waals surface area contributed by atoms with E-state index in [1.807, 2.05) is 24.3 Å². The summed E-state index contributed by atoms with van der Waals surface area (Å²) >= 11 is 0. The van der Waals surface area contributed by atoms with E-state index in [0.29, 0.717) is 32.5 Å². The Morgan fingerprint density at radius 3 is 2.32 bits per heavy atom. The third kappa shape index (κ3) is 6.11. The van der Waals surface area contributed by atoms with Gasteiger partial charge in [0.1, 0.15) is 0 Å². The largest absolute Gasteiger partial charge is 0.391 e. The highest BCUT2D eigenvalue weighted by molar-refractivity contribution is 7.89. The number of benzene rings is 1. The summed E-state index contributed by atoms with van der Waals surface area (Å²) in [5.74, 6) is -0.212. The van der Waals surface area contributed by atoms with Crippen LogP contribution in [0.25, 0.3) is 0 Å². The van der Waals surface area contributed by atoms with Crippen molar-refractivity contribution < 1.29 is 18.3 Å². The average Bonchev–Trinajstić information content (AvgIpc) is 2.93. The molecule has 0 amide bonds. The van der Waals surface area contributed by atoms with Gasteiger partial charge in [-0.3, -0.25) is 4.79 Å². The van der Waals surface area contributed by atoms with Gasteiger partial charge in [0.05, 0.1) is 11.9 Å². The first-order valence-electron chi connectivity index (χ1n) is 9.84. The number of Topliss-reactive ketones (excluding diaryl/α,β-unsaturated/α-hetero) is 1. The molecule has 158 valence electrons. The highest BCUT2D eigenvalue weighted by atomic mass is 32.2. The zero-order chi connectivity index (χ0) is 21.1. The van der Waals surface area contributed by atoms with Crippen LogP contribution >= 0.6 is 0 Å². The molecule has 1 heterocycles. The number of likely N-dealkylation sites (tertiary alicyclic amines) is 1. The van der Waals surface area contributed by atoms with E-state index in [1.165, 1.54) is 24.0 Å². The Labute approximate surface area is 169 Å². The summed E-state index contributed by atoms with van der Waals surface area (Å²) in [6.07, 6.45) is 0.498. The fourth-order valence-electron chi connectivity index (χ4n) is 3.47. The van der Waals surface area contributed by atoms with Gasteiger partial charge in [-0.2, -0.15) is 0 Å². The quantitative estimate of drug-likeness (QED) is 0.665. The number of aliphatic hydroxyl groups excluding tert-OH is 1. The summed E-state index contributed by atoms with van der Waals surface area (Å²) in [4.78, 5) is 14.5. The van der Waals surface area contributed by atoms with E-state index in [0.717, 1.165) is 5.56 Å². The minimum Gasteiger partial charge on any atom is -0.391 e. The monoisotopic (exact) mass is 410 g/mol. The lowest BCUT2D eigenvalue weighted by Gasteiger charge is -2.19.